The molecule has 0 saturated heterocycles. The smallest absolute Gasteiger partial charge is 0.254 e. The monoisotopic (exact) mass is 310 g/mol. The summed E-state index contributed by atoms with van der Waals surface area (Å²) in [4.78, 5) is 24.1. The summed E-state index contributed by atoms with van der Waals surface area (Å²) in [5.41, 5.74) is 1.79. The van der Waals surface area contributed by atoms with E-state index in [9.17, 15) is 4.79 Å². The van der Waals surface area contributed by atoms with E-state index < -0.39 is 0 Å². The third-order valence-corrected chi connectivity index (χ3v) is 3.56. The van der Waals surface area contributed by atoms with Crippen molar-refractivity contribution in [2.24, 2.45) is 0 Å². The van der Waals surface area contributed by atoms with Gasteiger partial charge >= 0.3 is 0 Å². The standard InChI is InChI=1S/C16H18N6O/c1-20(2)15(23)10-21(3)14-9-13(12-7-5-4-6-8-12)19-16-17-11-18-22(14)16/h4-9,11H,10H2,1-3H3. The second-order valence-corrected chi connectivity index (χ2v) is 5.48. The van der Waals surface area contributed by atoms with Gasteiger partial charge in [0.05, 0.1) is 12.2 Å². The molecule has 2 heterocycles. The number of amides is 1. The van der Waals surface area contributed by atoms with Gasteiger partial charge in [0.15, 0.2) is 0 Å². The minimum atomic E-state index is 0.0128. The number of rotatable bonds is 4. The maximum Gasteiger partial charge on any atom is 0.254 e. The molecule has 0 spiro atoms. The number of hydrogen-bond acceptors (Lipinski definition) is 5. The van der Waals surface area contributed by atoms with Crippen LogP contribution in [-0.4, -0.2) is 58.1 Å². The molecule has 0 N–H and O–H groups in total. The van der Waals surface area contributed by atoms with Crippen molar-refractivity contribution in [3.63, 3.8) is 0 Å². The minimum Gasteiger partial charge on any atom is -0.350 e. The van der Waals surface area contributed by atoms with E-state index in [-0.39, 0.29) is 12.5 Å². The van der Waals surface area contributed by atoms with Crippen molar-refractivity contribution in [1.82, 2.24) is 24.5 Å². The summed E-state index contributed by atoms with van der Waals surface area (Å²) >= 11 is 0. The second kappa shape index (κ2) is 6.04. The zero-order chi connectivity index (χ0) is 16.4. The number of anilines is 1. The van der Waals surface area contributed by atoms with Gasteiger partial charge in [0.25, 0.3) is 5.78 Å². The molecule has 0 bridgehead atoms. The zero-order valence-electron chi connectivity index (χ0n) is 13.3. The van der Waals surface area contributed by atoms with E-state index in [1.54, 1.807) is 23.5 Å². The quantitative estimate of drug-likeness (QED) is 0.727. The fraction of sp³-hybridized carbons (Fsp3) is 0.250. The molecule has 3 rings (SSSR count). The maximum absolute atomic E-state index is 12.0. The lowest BCUT2D eigenvalue weighted by Gasteiger charge is -2.21. The number of carbonyl (C=O) groups is 1. The molecule has 23 heavy (non-hydrogen) atoms. The van der Waals surface area contributed by atoms with E-state index in [1.165, 1.54) is 6.33 Å². The van der Waals surface area contributed by atoms with Crippen molar-refractivity contribution in [3.05, 3.63) is 42.7 Å². The molecular formula is C16H18N6O. The Morgan fingerprint density at radius 3 is 2.61 bits per heavy atom. The van der Waals surface area contributed by atoms with Gasteiger partial charge in [0, 0.05) is 32.8 Å². The Morgan fingerprint density at radius 2 is 1.91 bits per heavy atom. The van der Waals surface area contributed by atoms with Gasteiger partial charge in [-0.3, -0.25) is 4.79 Å². The molecule has 3 aromatic rings. The van der Waals surface area contributed by atoms with E-state index in [0.717, 1.165) is 17.1 Å². The van der Waals surface area contributed by atoms with E-state index in [4.69, 9.17) is 0 Å². The van der Waals surface area contributed by atoms with Crippen LogP contribution in [0.25, 0.3) is 17.0 Å². The van der Waals surface area contributed by atoms with Gasteiger partial charge in [-0.15, -0.1) is 0 Å². The van der Waals surface area contributed by atoms with Crippen LogP contribution in [0.15, 0.2) is 42.7 Å². The fourth-order valence-corrected chi connectivity index (χ4v) is 2.25. The lowest BCUT2D eigenvalue weighted by atomic mass is 10.1. The summed E-state index contributed by atoms with van der Waals surface area (Å²) in [7, 11) is 5.33. The van der Waals surface area contributed by atoms with Crippen LogP contribution in [0.5, 0.6) is 0 Å². The topological polar surface area (TPSA) is 66.6 Å². The molecule has 7 heteroatoms. The van der Waals surface area contributed by atoms with Crippen LogP contribution in [0, 0.1) is 0 Å². The van der Waals surface area contributed by atoms with Crippen molar-refractivity contribution >= 4 is 17.5 Å². The van der Waals surface area contributed by atoms with Crippen molar-refractivity contribution in [2.45, 2.75) is 0 Å². The number of carbonyl (C=O) groups excluding carboxylic acids is 1. The Kier molecular flexibility index (Phi) is 3.92. The lowest BCUT2D eigenvalue weighted by Crippen LogP contribution is -2.35. The highest BCUT2D eigenvalue weighted by atomic mass is 16.2. The summed E-state index contributed by atoms with van der Waals surface area (Å²) in [5, 5.41) is 4.20. The Morgan fingerprint density at radius 1 is 1.17 bits per heavy atom. The van der Waals surface area contributed by atoms with Crippen LogP contribution in [0.2, 0.25) is 0 Å². The number of aromatic nitrogens is 4. The molecule has 1 aromatic carbocycles. The molecule has 0 radical (unpaired) electrons. The Labute approximate surface area is 134 Å². The summed E-state index contributed by atoms with van der Waals surface area (Å²) in [5.74, 6) is 1.28. The number of fused-ring (bicyclic) bond motifs is 1. The van der Waals surface area contributed by atoms with Crippen molar-refractivity contribution in [3.8, 4) is 11.3 Å². The van der Waals surface area contributed by atoms with Crippen LogP contribution in [-0.2, 0) is 4.79 Å². The second-order valence-electron chi connectivity index (χ2n) is 5.48. The van der Waals surface area contributed by atoms with Crippen LogP contribution in [0.3, 0.4) is 0 Å². The molecule has 0 fully saturated rings. The van der Waals surface area contributed by atoms with Crippen LogP contribution in [0.4, 0.5) is 5.82 Å². The average molecular weight is 310 g/mol. The molecule has 0 saturated carbocycles. The molecule has 0 aliphatic heterocycles. The number of hydrogen-bond donors (Lipinski definition) is 0. The third-order valence-electron chi connectivity index (χ3n) is 3.56. The first kappa shape index (κ1) is 15.0. The van der Waals surface area contributed by atoms with Crippen LogP contribution >= 0.6 is 0 Å². The highest BCUT2D eigenvalue weighted by molar-refractivity contribution is 5.81. The summed E-state index contributed by atoms with van der Waals surface area (Å²) in [6.07, 6.45) is 1.46. The van der Waals surface area contributed by atoms with Gasteiger partial charge < -0.3 is 9.80 Å². The molecule has 1 amide bonds. The van der Waals surface area contributed by atoms with Crippen molar-refractivity contribution in [2.75, 3.05) is 32.6 Å². The van der Waals surface area contributed by atoms with Gasteiger partial charge in [-0.05, 0) is 0 Å². The van der Waals surface area contributed by atoms with Crippen molar-refractivity contribution < 1.29 is 4.79 Å². The van der Waals surface area contributed by atoms with Crippen LogP contribution < -0.4 is 4.90 Å². The van der Waals surface area contributed by atoms with E-state index >= 15 is 0 Å². The molecule has 0 aliphatic rings. The normalized spacial score (nSPS) is 10.7. The zero-order valence-corrected chi connectivity index (χ0v) is 13.3. The van der Waals surface area contributed by atoms with Crippen LogP contribution in [0.1, 0.15) is 0 Å². The third kappa shape index (κ3) is 2.98. The largest absolute Gasteiger partial charge is 0.350 e. The number of benzene rings is 1. The first-order valence-electron chi connectivity index (χ1n) is 7.24. The molecule has 0 atom stereocenters. The van der Waals surface area contributed by atoms with Gasteiger partial charge in [-0.25, -0.2) is 4.98 Å². The van der Waals surface area contributed by atoms with E-state index in [2.05, 4.69) is 15.1 Å². The van der Waals surface area contributed by atoms with Gasteiger partial charge in [-0.1, -0.05) is 30.3 Å². The number of likely N-dealkylation sites (N-methyl/N-ethyl adjacent to an activating group) is 2. The van der Waals surface area contributed by atoms with Crippen molar-refractivity contribution in [1.29, 1.82) is 0 Å². The summed E-state index contributed by atoms with van der Waals surface area (Å²) in [6.45, 7) is 0.250. The number of nitrogens with zero attached hydrogens (tertiary/aromatic N) is 6. The molecule has 0 unspecified atom stereocenters. The molecule has 118 valence electrons. The Bertz CT molecular complexity index is 827. The molecule has 0 aliphatic carbocycles. The maximum atomic E-state index is 12.0. The predicted molar refractivity (Wildman–Crippen MR) is 88.2 cm³/mol. The molecular weight excluding hydrogens is 292 g/mol. The minimum absolute atomic E-state index is 0.0128. The lowest BCUT2D eigenvalue weighted by molar-refractivity contribution is -0.127. The molecule has 2 aromatic heterocycles. The predicted octanol–water partition coefficient (Wildman–Crippen LogP) is 1.32. The van der Waals surface area contributed by atoms with E-state index in [0.29, 0.717) is 5.78 Å². The van der Waals surface area contributed by atoms with Gasteiger partial charge in [0.1, 0.15) is 12.1 Å². The fourth-order valence-electron chi connectivity index (χ4n) is 2.25. The highest BCUT2D eigenvalue weighted by Crippen LogP contribution is 2.22. The first-order chi connectivity index (χ1) is 11.1. The van der Waals surface area contributed by atoms with Gasteiger partial charge in [0.2, 0.25) is 5.91 Å². The highest BCUT2D eigenvalue weighted by Gasteiger charge is 2.15. The summed E-state index contributed by atoms with van der Waals surface area (Å²) < 4.78 is 1.63. The summed E-state index contributed by atoms with van der Waals surface area (Å²) in [6, 6.07) is 11.8. The Balaban J connectivity index is 2.05. The SMILES string of the molecule is CN(C)C(=O)CN(C)c1cc(-c2ccccc2)nc2ncnn12. The first-order valence-corrected chi connectivity index (χ1v) is 7.24. The van der Waals surface area contributed by atoms with Gasteiger partial charge in [-0.2, -0.15) is 14.6 Å². The molecule has 7 nitrogen and oxygen atoms in total. The average Bonchev–Trinajstić information content (AvgIpc) is 3.02. The Hall–Kier alpha value is -2.96. The van der Waals surface area contributed by atoms with E-state index in [1.807, 2.05) is 48.3 Å².